The number of aromatic carboxylic acids is 1. The van der Waals surface area contributed by atoms with Crippen molar-refractivity contribution >= 4 is 5.97 Å². The van der Waals surface area contributed by atoms with E-state index in [1.165, 1.54) is 6.20 Å². The first-order valence-electron chi connectivity index (χ1n) is 5.64. The third kappa shape index (κ3) is 4.16. The average Bonchev–Trinajstić information content (AvgIpc) is 2.71. The van der Waals surface area contributed by atoms with Gasteiger partial charge in [-0.3, -0.25) is 5.10 Å². The van der Waals surface area contributed by atoms with E-state index in [2.05, 4.69) is 29.4 Å². The smallest absolute Gasteiger partial charge is 0.354 e. The molecule has 0 saturated carbocycles. The molecule has 96 valence electrons. The van der Waals surface area contributed by atoms with E-state index in [0.717, 1.165) is 6.42 Å². The minimum absolute atomic E-state index is 0.0217. The van der Waals surface area contributed by atoms with Crippen molar-refractivity contribution in [2.75, 3.05) is 6.61 Å². The Hall–Kier alpha value is -1.40. The molecule has 0 saturated heterocycles. The molecule has 1 rings (SSSR count). The molecule has 6 heteroatoms. The topological polar surface area (TPSA) is 98.2 Å². The van der Waals surface area contributed by atoms with E-state index >= 15 is 0 Å². The molecule has 0 aromatic carbocycles. The number of hydrogen-bond acceptors (Lipinski definition) is 4. The van der Waals surface area contributed by atoms with Crippen molar-refractivity contribution in [1.29, 1.82) is 0 Å². The number of nitrogens with one attached hydrogen (secondary N) is 2. The maximum Gasteiger partial charge on any atom is 0.354 e. The first kappa shape index (κ1) is 13.7. The van der Waals surface area contributed by atoms with E-state index in [1.807, 2.05) is 0 Å². The molecular formula is C11H19N3O3. The van der Waals surface area contributed by atoms with Crippen molar-refractivity contribution in [2.24, 2.45) is 5.92 Å². The van der Waals surface area contributed by atoms with E-state index < -0.39 is 5.97 Å². The van der Waals surface area contributed by atoms with Crippen LogP contribution in [0.3, 0.4) is 0 Å². The van der Waals surface area contributed by atoms with Gasteiger partial charge in [0.15, 0.2) is 0 Å². The third-order valence-corrected chi connectivity index (χ3v) is 2.49. The third-order valence-electron chi connectivity index (χ3n) is 2.49. The molecule has 0 radical (unpaired) electrons. The molecule has 1 aromatic heterocycles. The van der Waals surface area contributed by atoms with Gasteiger partial charge in [-0.25, -0.2) is 4.79 Å². The molecule has 0 amide bonds. The number of carboxylic acids is 1. The highest BCUT2D eigenvalue weighted by Crippen LogP contribution is 2.08. The SMILES string of the molecule is CC(C)CC(CO)NCc1cn[nH]c1C(=O)O. The van der Waals surface area contributed by atoms with Crippen LogP contribution in [0.25, 0.3) is 0 Å². The second-order valence-corrected chi connectivity index (χ2v) is 4.47. The zero-order valence-electron chi connectivity index (χ0n) is 10.1. The van der Waals surface area contributed by atoms with Gasteiger partial charge < -0.3 is 15.5 Å². The summed E-state index contributed by atoms with van der Waals surface area (Å²) < 4.78 is 0. The largest absolute Gasteiger partial charge is 0.477 e. The van der Waals surface area contributed by atoms with Crippen molar-refractivity contribution in [2.45, 2.75) is 32.9 Å². The lowest BCUT2D eigenvalue weighted by atomic mass is 10.0. The number of rotatable bonds is 7. The van der Waals surface area contributed by atoms with Gasteiger partial charge >= 0.3 is 5.97 Å². The Bertz CT molecular complexity index is 363. The molecule has 17 heavy (non-hydrogen) atoms. The number of aromatic amines is 1. The summed E-state index contributed by atoms with van der Waals surface area (Å²) in [6.07, 6.45) is 2.33. The summed E-state index contributed by atoms with van der Waals surface area (Å²) in [6, 6.07) is -0.0217. The molecule has 1 aromatic rings. The Morgan fingerprint density at radius 3 is 2.82 bits per heavy atom. The zero-order valence-corrected chi connectivity index (χ0v) is 10.1. The highest BCUT2D eigenvalue weighted by Gasteiger charge is 2.14. The number of aromatic nitrogens is 2. The summed E-state index contributed by atoms with van der Waals surface area (Å²) in [5.74, 6) is -0.549. The van der Waals surface area contributed by atoms with E-state index in [9.17, 15) is 9.90 Å². The van der Waals surface area contributed by atoms with Gasteiger partial charge in [0.1, 0.15) is 5.69 Å². The fourth-order valence-corrected chi connectivity index (χ4v) is 1.68. The van der Waals surface area contributed by atoms with Crippen LogP contribution in [0, 0.1) is 5.92 Å². The molecule has 1 atom stereocenters. The predicted octanol–water partition coefficient (Wildman–Crippen LogP) is 0.605. The highest BCUT2D eigenvalue weighted by molar-refractivity contribution is 5.86. The number of aliphatic hydroxyl groups is 1. The molecule has 1 unspecified atom stereocenters. The summed E-state index contributed by atoms with van der Waals surface area (Å²) in [5.41, 5.74) is 0.693. The second-order valence-electron chi connectivity index (χ2n) is 4.47. The molecule has 0 aliphatic rings. The van der Waals surface area contributed by atoms with Crippen LogP contribution in [0.4, 0.5) is 0 Å². The fraction of sp³-hybridized carbons (Fsp3) is 0.636. The van der Waals surface area contributed by atoms with Crippen molar-refractivity contribution < 1.29 is 15.0 Å². The van der Waals surface area contributed by atoms with Crippen molar-refractivity contribution in [3.8, 4) is 0 Å². The van der Waals surface area contributed by atoms with Crippen LogP contribution in [-0.4, -0.2) is 39.0 Å². The van der Waals surface area contributed by atoms with Gasteiger partial charge in [0.25, 0.3) is 0 Å². The van der Waals surface area contributed by atoms with Gasteiger partial charge in [-0.05, 0) is 12.3 Å². The summed E-state index contributed by atoms with van der Waals surface area (Å²) in [6.45, 7) is 4.57. The summed E-state index contributed by atoms with van der Waals surface area (Å²) >= 11 is 0. The lowest BCUT2D eigenvalue weighted by Gasteiger charge is -2.17. The molecule has 0 aliphatic heterocycles. The quantitative estimate of drug-likeness (QED) is 0.560. The normalized spacial score (nSPS) is 12.9. The number of carboxylic acid groups (broad SMARTS) is 1. The molecule has 6 nitrogen and oxygen atoms in total. The summed E-state index contributed by atoms with van der Waals surface area (Å²) in [7, 11) is 0. The summed E-state index contributed by atoms with van der Waals surface area (Å²) in [5, 5.41) is 27.3. The lowest BCUT2D eigenvalue weighted by molar-refractivity contribution is 0.0689. The van der Waals surface area contributed by atoms with Crippen molar-refractivity contribution in [3.63, 3.8) is 0 Å². The number of H-pyrrole nitrogens is 1. The molecule has 0 spiro atoms. The van der Waals surface area contributed by atoms with Gasteiger partial charge in [0, 0.05) is 18.2 Å². The maximum atomic E-state index is 10.8. The minimum atomic E-state index is -1.02. The van der Waals surface area contributed by atoms with Gasteiger partial charge in [-0.1, -0.05) is 13.8 Å². The van der Waals surface area contributed by atoms with Crippen LogP contribution < -0.4 is 5.32 Å². The number of carbonyl (C=O) groups is 1. The van der Waals surface area contributed by atoms with Crippen LogP contribution in [0.15, 0.2) is 6.20 Å². The van der Waals surface area contributed by atoms with E-state index in [-0.39, 0.29) is 18.3 Å². The maximum absolute atomic E-state index is 10.8. The average molecular weight is 241 g/mol. The fourth-order valence-electron chi connectivity index (χ4n) is 1.68. The van der Waals surface area contributed by atoms with Gasteiger partial charge in [-0.2, -0.15) is 5.10 Å². The first-order valence-corrected chi connectivity index (χ1v) is 5.64. The van der Waals surface area contributed by atoms with Gasteiger partial charge in [-0.15, -0.1) is 0 Å². The molecule has 0 fully saturated rings. The van der Waals surface area contributed by atoms with Crippen LogP contribution in [-0.2, 0) is 6.54 Å². The van der Waals surface area contributed by atoms with Crippen LogP contribution in [0.1, 0.15) is 36.3 Å². The number of hydrogen-bond donors (Lipinski definition) is 4. The molecular weight excluding hydrogens is 222 g/mol. The minimum Gasteiger partial charge on any atom is -0.477 e. The van der Waals surface area contributed by atoms with Crippen LogP contribution in [0.5, 0.6) is 0 Å². The molecule has 1 heterocycles. The highest BCUT2D eigenvalue weighted by atomic mass is 16.4. The molecule has 0 bridgehead atoms. The van der Waals surface area contributed by atoms with Crippen molar-refractivity contribution in [3.05, 3.63) is 17.5 Å². The van der Waals surface area contributed by atoms with E-state index in [4.69, 9.17) is 5.11 Å². The van der Waals surface area contributed by atoms with Crippen LogP contribution >= 0.6 is 0 Å². The Morgan fingerprint density at radius 2 is 2.29 bits per heavy atom. The number of aliphatic hydroxyl groups excluding tert-OH is 1. The molecule has 4 N–H and O–H groups in total. The van der Waals surface area contributed by atoms with Crippen molar-refractivity contribution in [1.82, 2.24) is 15.5 Å². The monoisotopic (exact) mass is 241 g/mol. The standard InChI is InChI=1S/C11H19N3O3/c1-7(2)3-9(6-15)12-4-8-5-13-14-10(8)11(16)17/h5,7,9,12,15H,3-4,6H2,1-2H3,(H,13,14)(H,16,17). The Morgan fingerprint density at radius 1 is 1.59 bits per heavy atom. The molecule has 0 aliphatic carbocycles. The predicted molar refractivity (Wildman–Crippen MR) is 62.7 cm³/mol. The van der Waals surface area contributed by atoms with Gasteiger partial charge in [0.05, 0.1) is 12.8 Å². The van der Waals surface area contributed by atoms with Crippen LogP contribution in [0.2, 0.25) is 0 Å². The Kier molecular flexibility index (Phi) is 5.11. The van der Waals surface area contributed by atoms with E-state index in [1.54, 1.807) is 0 Å². The second kappa shape index (κ2) is 6.36. The van der Waals surface area contributed by atoms with Gasteiger partial charge in [0.2, 0.25) is 0 Å². The zero-order chi connectivity index (χ0) is 12.8. The number of nitrogens with zero attached hydrogens (tertiary/aromatic N) is 1. The lowest BCUT2D eigenvalue weighted by Crippen LogP contribution is -2.33. The Balaban J connectivity index is 2.53. The summed E-state index contributed by atoms with van der Waals surface area (Å²) in [4.78, 5) is 10.8. The first-order chi connectivity index (χ1) is 8.04. The van der Waals surface area contributed by atoms with E-state index in [0.29, 0.717) is 18.0 Å². The Labute approximate surface area is 100 Å².